The minimum Gasteiger partial charge on any atom is -0.436 e. The molecule has 66 heavy (non-hydrogen) atoms. The van der Waals surface area contributed by atoms with Crippen LogP contribution in [-0.2, 0) is 0 Å². The average Bonchev–Trinajstić information content (AvgIpc) is 4.13. The molecule has 0 saturated carbocycles. The molecule has 9 aromatic carbocycles. The molecule has 0 aliphatic carbocycles. The van der Waals surface area contributed by atoms with Crippen molar-refractivity contribution < 1.29 is 13.3 Å². The van der Waals surface area contributed by atoms with E-state index in [1.165, 1.54) is 0 Å². The zero-order valence-electron chi connectivity index (χ0n) is 35.3. The fraction of sp³-hybridized carbons (Fsp3) is 0. The maximum Gasteiger partial charge on any atom is 0.227 e. The Bertz CT molecular complexity index is 3370. The number of fused-ring (bicyclic) bond motifs is 3. The van der Waals surface area contributed by atoms with Crippen LogP contribution < -0.4 is 15.1 Å². The van der Waals surface area contributed by atoms with Crippen LogP contribution >= 0.6 is 0 Å². The molecule has 0 unspecified atom stereocenters. The fourth-order valence-corrected chi connectivity index (χ4v) is 8.37. The van der Waals surface area contributed by atoms with Gasteiger partial charge in [-0.05, 0) is 115 Å². The van der Waals surface area contributed by atoms with E-state index < -0.39 is 0 Å². The molecule has 9 nitrogen and oxygen atoms in total. The lowest BCUT2D eigenvalue weighted by molar-refractivity contribution is 0.615. The predicted molar refractivity (Wildman–Crippen MR) is 265 cm³/mol. The van der Waals surface area contributed by atoms with Gasteiger partial charge in [0.05, 0.1) is 0 Å². The topological polar surface area (TPSA) is 96.6 Å². The van der Waals surface area contributed by atoms with E-state index in [0.29, 0.717) is 51.1 Å². The van der Waals surface area contributed by atoms with Crippen molar-refractivity contribution in [2.45, 2.75) is 0 Å². The van der Waals surface area contributed by atoms with E-state index in [1.54, 1.807) is 0 Å². The normalized spacial score (nSPS) is 11.3. The van der Waals surface area contributed by atoms with Gasteiger partial charge < -0.3 is 28.4 Å². The molecular weight excluding hydrogens is 817 g/mol. The smallest absolute Gasteiger partial charge is 0.227 e. The maximum absolute atomic E-state index is 6.66. The van der Waals surface area contributed by atoms with Crippen molar-refractivity contribution in [3.05, 3.63) is 224 Å². The summed E-state index contributed by atoms with van der Waals surface area (Å²) in [5.74, 6) is 1.30. The van der Waals surface area contributed by atoms with Gasteiger partial charge in [0, 0.05) is 80.4 Å². The first kappa shape index (κ1) is 38.5. The van der Waals surface area contributed by atoms with Crippen molar-refractivity contribution >= 4 is 78.8 Å². The zero-order chi connectivity index (χ0) is 43.8. The number of oxazole rings is 3. The molecular formula is C57H38N6O3. The van der Waals surface area contributed by atoms with Crippen LogP contribution in [0.3, 0.4) is 0 Å². The van der Waals surface area contributed by atoms with Crippen molar-refractivity contribution in [3.63, 3.8) is 0 Å². The first-order chi connectivity index (χ1) is 32.6. The van der Waals surface area contributed by atoms with Crippen LogP contribution in [0, 0.1) is 0 Å². The molecule has 0 bridgehead atoms. The van der Waals surface area contributed by atoms with Crippen LogP contribution in [0.1, 0.15) is 0 Å². The number of para-hydroxylation sites is 5. The molecule has 12 aromatic rings. The van der Waals surface area contributed by atoms with Crippen molar-refractivity contribution in [3.8, 4) is 34.4 Å². The molecule has 12 rings (SSSR count). The van der Waals surface area contributed by atoms with Gasteiger partial charge in [0.1, 0.15) is 16.6 Å². The highest BCUT2D eigenvalue weighted by molar-refractivity contribution is 5.89. The summed E-state index contributed by atoms with van der Waals surface area (Å²) in [5, 5.41) is 3.46. The first-order valence-corrected chi connectivity index (χ1v) is 21.7. The monoisotopic (exact) mass is 854 g/mol. The standard InChI is InChI=1S/C57H38N6O3/c1-6-16-41(17-7-1)58-42-26-29-49-52(35-42)64-55(59-49)38-32-39(56-60-50-30-27-47(36-53(50)65-56)62(43-18-8-2-9-19-43)44-20-10-3-11-21-44)34-40(33-38)57-61-51-31-28-48(37-54(51)66-57)63(45-22-12-4-13-23-45)46-24-14-5-15-25-46/h1-37,58H. The molecule has 3 aromatic heterocycles. The SMILES string of the molecule is c1ccc(Nc2ccc3nc(-c4cc(-c5nc6ccc(N(c7ccccc7)c7ccccc7)cc6o5)cc(-c5nc6ccc(N(c7ccccc7)c7ccccc7)cc6o5)c4)oc3c2)cc1. The third-order valence-corrected chi connectivity index (χ3v) is 11.4. The Hall–Kier alpha value is -9.21. The average molecular weight is 855 g/mol. The van der Waals surface area contributed by atoms with E-state index in [4.69, 9.17) is 28.2 Å². The van der Waals surface area contributed by atoms with Crippen LogP contribution in [0.15, 0.2) is 238 Å². The molecule has 0 atom stereocenters. The minimum atomic E-state index is 0.432. The van der Waals surface area contributed by atoms with Gasteiger partial charge >= 0.3 is 0 Å². The van der Waals surface area contributed by atoms with Gasteiger partial charge in [0.25, 0.3) is 0 Å². The van der Waals surface area contributed by atoms with E-state index in [9.17, 15) is 0 Å². The van der Waals surface area contributed by atoms with Gasteiger partial charge in [-0.3, -0.25) is 0 Å². The van der Waals surface area contributed by atoms with Crippen LogP contribution in [0.2, 0.25) is 0 Å². The second-order valence-corrected chi connectivity index (χ2v) is 15.8. The van der Waals surface area contributed by atoms with Crippen molar-refractivity contribution in [2.24, 2.45) is 0 Å². The molecule has 0 saturated heterocycles. The van der Waals surface area contributed by atoms with Crippen molar-refractivity contribution in [1.82, 2.24) is 15.0 Å². The Morgan fingerprint density at radius 2 is 0.621 bits per heavy atom. The highest BCUT2D eigenvalue weighted by atomic mass is 16.4. The number of nitrogens with zero attached hydrogens (tertiary/aromatic N) is 5. The molecule has 0 aliphatic rings. The summed E-state index contributed by atoms with van der Waals surface area (Å²) in [6, 6.07) is 75.3. The number of rotatable bonds is 11. The van der Waals surface area contributed by atoms with E-state index in [-0.39, 0.29) is 0 Å². The quantitative estimate of drug-likeness (QED) is 0.136. The Morgan fingerprint density at radius 3 is 1.00 bits per heavy atom. The summed E-state index contributed by atoms with van der Waals surface area (Å²) in [4.78, 5) is 19.4. The van der Waals surface area contributed by atoms with Gasteiger partial charge in [-0.25, -0.2) is 15.0 Å². The van der Waals surface area contributed by atoms with Crippen LogP contribution in [-0.4, -0.2) is 15.0 Å². The minimum absolute atomic E-state index is 0.432. The third kappa shape index (κ3) is 7.46. The van der Waals surface area contributed by atoms with Gasteiger partial charge in [-0.1, -0.05) is 91.0 Å². The second-order valence-electron chi connectivity index (χ2n) is 15.8. The number of benzene rings is 9. The first-order valence-electron chi connectivity index (χ1n) is 21.7. The lowest BCUT2D eigenvalue weighted by atomic mass is 10.1. The van der Waals surface area contributed by atoms with Gasteiger partial charge in [0.15, 0.2) is 16.7 Å². The summed E-state index contributed by atoms with van der Waals surface area (Å²) < 4.78 is 19.8. The maximum atomic E-state index is 6.66. The number of nitrogens with one attached hydrogen (secondary N) is 1. The highest BCUT2D eigenvalue weighted by Crippen LogP contribution is 2.41. The summed E-state index contributed by atoms with van der Waals surface area (Å²) >= 11 is 0. The molecule has 0 amide bonds. The van der Waals surface area contributed by atoms with Crippen LogP contribution in [0.4, 0.5) is 45.5 Å². The van der Waals surface area contributed by atoms with Gasteiger partial charge in [0.2, 0.25) is 17.7 Å². The van der Waals surface area contributed by atoms with Crippen molar-refractivity contribution in [2.75, 3.05) is 15.1 Å². The van der Waals surface area contributed by atoms with E-state index >= 15 is 0 Å². The third-order valence-electron chi connectivity index (χ3n) is 11.4. The molecule has 3 heterocycles. The fourth-order valence-electron chi connectivity index (χ4n) is 8.37. The number of hydrogen-bond donors (Lipinski definition) is 1. The largest absolute Gasteiger partial charge is 0.436 e. The van der Waals surface area contributed by atoms with E-state index in [1.807, 2.05) is 164 Å². The molecule has 0 radical (unpaired) electrons. The lowest BCUT2D eigenvalue weighted by Gasteiger charge is -2.25. The predicted octanol–water partition coefficient (Wildman–Crippen LogP) is 15.8. The number of hydrogen-bond acceptors (Lipinski definition) is 9. The Kier molecular flexibility index (Phi) is 9.61. The lowest BCUT2D eigenvalue weighted by Crippen LogP contribution is -2.09. The van der Waals surface area contributed by atoms with Gasteiger partial charge in [-0.2, -0.15) is 0 Å². The van der Waals surface area contributed by atoms with Gasteiger partial charge in [-0.15, -0.1) is 0 Å². The molecule has 0 fully saturated rings. The Morgan fingerprint density at radius 1 is 0.288 bits per heavy atom. The summed E-state index contributed by atoms with van der Waals surface area (Å²) in [6.45, 7) is 0. The molecule has 1 N–H and O–H groups in total. The second kappa shape index (κ2) is 16.5. The summed E-state index contributed by atoms with van der Waals surface area (Å²) in [7, 11) is 0. The Balaban J connectivity index is 0.967. The highest BCUT2D eigenvalue weighted by Gasteiger charge is 2.21. The molecule has 9 heteroatoms. The number of aromatic nitrogens is 3. The molecule has 0 aliphatic heterocycles. The van der Waals surface area contributed by atoms with Crippen LogP contribution in [0.5, 0.6) is 0 Å². The van der Waals surface area contributed by atoms with Crippen LogP contribution in [0.25, 0.3) is 67.7 Å². The Labute approximate surface area is 379 Å². The van der Waals surface area contributed by atoms with Crippen molar-refractivity contribution in [1.29, 1.82) is 0 Å². The van der Waals surface area contributed by atoms with E-state index in [0.717, 1.165) is 62.0 Å². The van der Waals surface area contributed by atoms with E-state index in [2.05, 4.69) is 75.8 Å². The molecule has 0 spiro atoms. The summed E-state index contributed by atoms with van der Waals surface area (Å²) in [6.07, 6.45) is 0. The zero-order valence-corrected chi connectivity index (χ0v) is 35.3. The molecule has 314 valence electrons. The summed E-state index contributed by atoms with van der Waals surface area (Å²) in [5.41, 5.74) is 14.1. The number of anilines is 8.